The molecule has 0 heterocycles. The number of halogens is 1. The molecule has 2 heteroatoms. The van der Waals surface area contributed by atoms with Crippen molar-refractivity contribution in [2.24, 2.45) is 0 Å². The second kappa shape index (κ2) is 4.60. The van der Waals surface area contributed by atoms with Gasteiger partial charge in [0.2, 0.25) is 0 Å². The first-order chi connectivity index (χ1) is 2.91. The van der Waals surface area contributed by atoms with Gasteiger partial charge in [-0.25, -0.2) is 0 Å². The van der Waals surface area contributed by atoms with E-state index in [1.165, 1.54) is 0 Å². The van der Waals surface area contributed by atoms with E-state index in [1.54, 1.807) is 6.29 Å². The van der Waals surface area contributed by atoms with Gasteiger partial charge in [0.1, 0.15) is 0 Å². The van der Waals surface area contributed by atoms with Gasteiger partial charge in [0, 0.05) is 6.42 Å². The maximum atomic E-state index is 11.0. The zero-order valence-corrected chi connectivity index (χ0v) is 3.41. The lowest BCUT2D eigenvalue weighted by Crippen LogP contribution is -1.75. The van der Waals surface area contributed by atoms with Crippen molar-refractivity contribution in [3.63, 3.8) is 0 Å². The summed E-state index contributed by atoms with van der Waals surface area (Å²) < 4.78 is 11.0. The van der Waals surface area contributed by atoms with E-state index < -0.39 is 6.67 Å². The summed E-state index contributed by atoms with van der Waals surface area (Å²) in [5, 5.41) is 0. The van der Waals surface area contributed by atoms with Crippen molar-refractivity contribution >= 4 is 6.29 Å². The van der Waals surface area contributed by atoms with E-state index in [-0.39, 0.29) is 6.42 Å². The minimum Gasteiger partial charge on any atom is -0.291 e. The minimum absolute atomic E-state index is 0.233. The molecule has 0 spiro atoms. The number of unbranched alkanes of at least 4 members (excludes halogenated alkanes) is 1. The number of carbonyl (C=O) groups excluding carboxylic acids is 1. The number of alkyl halides is 1. The first kappa shape index (κ1) is 5.60. The van der Waals surface area contributed by atoms with Crippen LogP contribution >= 0.6 is 0 Å². The smallest absolute Gasteiger partial charge is 0.198 e. The van der Waals surface area contributed by atoms with Crippen LogP contribution in [-0.2, 0) is 4.79 Å². The normalized spacial score (nSPS) is 8.17. The van der Waals surface area contributed by atoms with Crippen molar-refractivity contribution in [2.45, 2.75) is 12.8 Å². The first-order valence-corrected chi connectivity index (χ1v) is 1.82. The molecule has 0 saturated carbocycles. The lowest BCUT2D eigenvalue weighted by atomic mass is 10.4. The van der Waals surface area contributed by atoms with Crippen LogP contribution in [0.15, 0.2) is 0 Å². The Balaban J connectivity index is 2.49. The maximum Gasteiger partial charge on any atom is 0.198 e. The van der Waals surface area contributed by atoms with Gasteiger partial charge >= 0.3 is 0 Å². The molecular weight excluding hydrogens is 83.0 g/mol. The van der Waals surface area contributed by atoms with Gasteiger partial charge in [0.25, 0.3) is 0 Å². The Hall–Kier alpha value is -0.400. The molecule has 0 aromatic rings. The van der Waals surface area contributed by atoms with Crippen LogP contribution in [0.1, 0.15) is 12.8 Å². The fourth-order valence-electron chi connectivity index (χ4n) is 0.139. The third-order valence-electron chi connectivity index (χ3n) is 0.412. The molecule has 0 aromatic carbocycles. The summed E-state index contributed by atoms with van der Waals surface area (Å²) in [4.78, 5) is 9.27. The molecule has 0 aliphatic rings. The summed E-state index contributed by atoms with van der Waals surface area (Å²) >= 11 is 0. The Bertz CT molecular complexity index is 36.5. The van der Waals surface area contributed by atoms with Crippen LogP contribution < -0.4 is 0 Å². The van der Waals surface area contributed by atoms with Crippen LogP contribution in [0, 0.1) is 0 Å². The largest absolute Gasteiger partial charge is 0.291 e. The summed E-state index contributed by atoms with van der Waals surface area (Å²) in [5.74, 6) is 0. The predicted octanol–water partition coefficient (Wildman–Crippen LogP) is 0.846. The Morgan fingerprint density at radius 1 is 1.67 bits per heavy atom. The van der Waals surface area contributed by atoms with Crippen LogP contribution in [0.2, 0.25) is 0 Å². The third-order valence-corrected chi connectivity index (χ3v) is 0.412. The minimum atomic E-state index is -0.408. The molecule has 6 heavy (non-hydrogen) atoms. The molecule has 0 N–H and O–H groups in total. The zero-order valence-electron chi connectivity index (χ0n) is 3.41. The SMILES string of the molecule is O=[C]CCCF. The molecule has 0 amide bonds. The van der Waals surface area contributed by atoms with E-state index in [0.717, 1.165) is 0 Å². The van der Waals surface area contributed by atoms with Crippen molar-refractivity contribution in [1.82, 2.24) is 0 Å². The number of hydrogen-bond acceptors (Lipinski definition) is 1. The summed E-state index contributed by atoms with van der Waals surface area (Å²) in [5.41, 5.74) is 0. The molecule has 0 saturated heterocycles. The van der Waals surface area contributed by atoms with Crippen LogP contribution in [0.5, 0.6) is 0 Å². The number of rotatable bonds is 3. The maximum absolute atomic E-state index is 11.0. The Morgan fingerprint density at radius 3 is 2.50 bits per heavy atom. The average Bonchev–Trinajstić information content (AvgIpc) is 1.61. The summed E-state index contributed by atoms with van der Waals surface area (Å²) in [6.07, 6.45) is 2.13. The molecule has 0 aliphatic heterocycles. The zero-order chi connectivity index (χ0) is 4.83. The second-order valence-electron chi connectivity index (χ2n) is 0.937. The molecule has 0 aromatic heterocycles. The van der Waals surface area contributed by atoms with E-state index in [0.29, 0.717) is 6.42 Å². The Morgan fingerprint density at radius 2 is 2.33 bits per heavy atom. The van der Waals surface area contributed by atoms with Gasteiger partial charge in [0.15, 0.2) is 6.29 Å². The van der Waals surface area contributed by atoms with Crippen LogP contribution in [-0.4, -0.2) is 13.0 Å². The molecule has 0 fully saturated rings. The van der Waals surface area contributed by atoms with E-state index in [4.69, 9.17) is 0 Å². The standard InChI is InChI=1S/C4H6FO/c5-3-1-2-4-6/h1-3H2. The first-order valence-electron chi connectivity index (χ1n) is 1.82. The highest BCUT2D eigenvalue weighted by Gasteiger charge is 1.79. The van der Waals surface area contributed by atoms with Crippen LogP contribution in [0.25, 0.3) is 0 Å². The van der Waals surface area contributed by atoms with Gasteiger partial charge in [-0.05, 0) is 6.42 Å². The van der Waals surface area contributed by atoms with Gasteiger partial charge in [-0.3, -0.25) is 9.18 Å². The molecule has 1 radical (unpaired) electrons. The molecule has 0 atom stereocenters. The lowest BCUT2D eigenvalue weighted by molar-refractivity contribution is 0.471. The lowest BCUT2D eigenvalue weighted by Gasteiger charge is -1.75. The quantitative estimate of drug-likeness (QED) is 0.468. The Labute approximate surface area is 36.2 Å². The van der Waals surface area contributed by atoms with Gasteiger partial charge in [-0.1, -0.05) is 0 Å². The van der Waals surface area contributed by atoms with Crippen molar-refractivity contribution in [3.05, 3.63) is 0 Å². The molecule has 0 bridgehead atoms. The summed E-state index contributed by atoms with van der Waals surface area (Å²) in [6.45, 7) is -0.408. The highest BCUT2D eigenvalue weighted by molar-refractivity contribution is 5.50. The predicted molar refractivity (Wildman–Crippen MR) is 20.9 cm³/mol. The summed E-state index contributed by atoms with van der Waals surface area (Å²) in [6, 6.07) is 0. The van der Waals surface area contributed by atoms with Gasteiger partial charge < -0.3 is 0 Å². The van der Waals surface area contributed by atoms with Crippen LogP contribution in [0.4, 0.5) is 4.39 Å². The van der Waals surface area contributed by atoms with E-state index in [2.05, 4.69) is 0 Å². The van der Waals surface area contributed by atoms with Gasteiger partial charge in [-0.15, -0.1) is 0 Å². The van der Waals surface area contributed by atoms with Crippen molar-refractivity contribution in [2.75, 3.05) is 6.67 Å². The fraction of sp³-hybridized carbons (Fsp3) is 0.750. The molecule has 0 aliphatic carbocycles. The molecule has 0 unspecified atom stereocenters. The average molecular weight is 89.1 g/mol. The molecule has 1 nitrogen and oxygen atoms in total. The van der Waals surface area contributed by atoms with Crippen molar-refractivity contribution in [3.8, 4) is 0 Å². The second-order valence-corrected chi connectivity index (χ2v) is 0.937. The molecular formula is C4H6FO. The third kappa shape index (κ3) is 3.60. The topological polar surface area (TPSA) is 17.1 Å². The van der Waals surface area contributed by atoms with Gasteiger partial charge in [0.05, 0.1) is 6.67 Å². The van der Waals surface area contributed by atoms with Crippen molar-refractivity contribution < 1.29 is 9.18 Å². The monoisotopic (exact) mass is 89.0 g/mol. The van der Waals surface area contributed by atoms with Crippen molar-refractivity contribution in [1.29, 1.82) is 0 Å². The molecule has 0 rings (SSSR count). The van der Waals surface area contributed by atoms with E-state index >= 15 is 0 Å². The van der Waals surface area contributed by atoms with Crippen LogP contribution in [0.3, 0.4) is 0 Å². The van der Waals surface area contributed by atoms with Gasteiger partial charge in [-0.2, -0.15) is 0 Å². The summed E-state index contributed by atoms with van der Waals surface area (Å²) in [7, 11) is 0. The van der Waals surface area contributed by atoms with E-state index in [1.807, 2.05) is 0 Å². The highest BCUT2D eigenvalue weighted by atomic mass is 19.1. The Kier molecular flexibility index (Phi) is 4.29. The fourth-order valence-corrected chi connectivity index (χ4v) is 0.139. The van der Waals surface area contributed by atoms with E-state index in [9.17, 15) is 9.18 Å². The highest BCUT2D eigenvalue weighted by Crippen LogP contribution is 1.81. The number of hydrogen-bond donors (Lipinski definition) is 0. The molecule has 35 valence electrons.